The van der Waals surface area contributed by atoms with Gasteiger partial charge in [-0.1, -0.05) is 45.9 Å². The Bertz CT molecular complexity index is 2340. The van der Waals surface area contributed by atoms with Crippen LogP contribution in [-0.2, 0) is 76.4 Å². The van der Waals surface area contributed by atoms with Crippen molar-refractivity contribution in [2.24, 2.45) is 23.3 Å². The number of benzene rings is 1. The van der Waals surface area contributed by atoms with Gasteiger partial charge in [-0.15, -0.1) is 0 Å². The van der Waals surface area contributed by atoms with E-state index in [9.17, 15) is 68.1 Å². The van der Waals surface area contributed by atoms with Crippen LogP contribution >= 0.6 is 35.3 Å². The number of carboxylic acids is 3. The molecule has 1 aromatic carbocycles. The van der Waals surface area contributed by atoms with Gasteiger partial charge >= 0.3 is 17.9 Å². The number of aromatic amines is 1. The number of fused-ring (bicyclic) bond motifs is 2. The third kappa shape index (κ3) is 23.4. The van der Waals surface area contributed by atoms with Gasteiger partial charge in [-0.25, -0.2) is 14.6 Å². The molecule has 0 saturated heterocycles. The number of nitrogens with zero attached hydrogens (tertiary/aromatic N) is 1. The van der Waals surface area contributed by atoms with Gasteiger partial charge in [-0.3, -0.25) is 43.2 Å². The van der Waals surface area contributed by atoms with Crippen LogP contribution in [0.2, 0.25) is 0 Å². The van der Waals surface area contributed by atoms with Crippen LogP contribution in [0.25, 0.3) is 0 Å². The molecule has 1 aromatic heterocycles. The largest absolute Gasteiger partial charge is 0.481 e. The first-order valence-electron chi connectivity index (χ1n) is 23.9. The van der Waals surface area contributed by atoms with Crippen LogP contribution < -0.4 is 48.7 Å². The number of carbonyl (C=O) groups excluding carboxylic acids is 8. The van der Waals surface area contributed by atoms with Crippen LogP contribution in [0.5, 0.6) is 0 Å². The topological polar surface area (TPSA) is 413 Å². The fraction of sp³-hybridized carbons (Fsp3) is 0.574. The van der Waals surface area contributed by atoms with E-state index in [1.54, 1.807) is 27.7 Å². The SMILES string of the molecule is CC(=O)N[C@@H](CSCc1cc2cc(c1)CSC[C@H](N)C(=O)N[C@@H](CC(C)C)C(=O)N[C@@H](Cc1cnc[nH]1)C(=O)N[C@@H](CCC(N)=O)C(=O)N[C@@H](CC(=O)O)C(=O)N[C@@H](CC(C)C)C(=O)N[C@H](C(=O)O)CSC2)C(=O)O. The summed E-state index contributed by atoms with van der Waals surface area (Å²) in [4.78, 5) is 151. The number of rotatable bonds is 18. The Morgan fingerprint density at radius 1 is 0.733 bits per heavy atom. The maximum atomic E-state index is 14.2. The zero-order chi connectivity index (χ0) is 55.9. The predicted molar refractivity (Wildman–Crippen MR) is 279 cm³/mol. The van der Waals surface area contributed by atoms with Crippen LogP contribution in [0, 0.1) is 11.8 Å². The number of carboxylic acid groups (broad SMARTS) is 3. The van der Waals surface area contributed by atoms with Crippen molar-refractivity contribution in [2.75, 3.05) is 17.3 Å². The normalized spacial score (nSPS) is 22.7. The first-order chi connectivity index (χ1) is 35.3. The van der Waals surface area contributed by atoms with Crippen LogP contribution in [0.4, 0.5) is 0 Å². The van der Waals surface area contributed by atoms with Gasteiger partial charge in [0.1, 0.15) is 42.3 Å². The number of aliphatic carboxylic acids is 3. The Labute approximate surface area is 446 Å². The van der Waals surface area contributed by atoms with Crippen LogP contribution in [0.3, 0.4) is 0 Å². The summed E-state index contributed by atoms with van der Waals surface area (Å²) < 4.78 is 0. The van der Waals surface area contributed by atoms with Crippen LogP contribution in [0.15, 0.2) is 30.7 Å². The van der Waals surface area contributed by atoms with Crippen LogP contribution in [-0.4, -0.2) is 156 Å². The van der Waals surface area contributed by atoms with Crippen molar-refractivity contribution in [1.29, 1.82) is 0 Å². The monoisotopic (exact) mass is 1110 g/mol. The smallest absolute Gasteiger partial charge is 0.327 e. The number of primary amides is 1. The molecular formula is C47H69N11O14S3. The van der Waals surface area contributed by atoms with Crippen molar-refractivity contribution in [3.8, 4) is 0 Å². The van der Waals surface area contributed by atoms with E-state index in [-0.39, 0.29) is 54.1 Å². The van der Waals surface area contributed by atoms with Gasteiger partial charge in [-0.2, -0.15) is 35.3 Å². The summed E-state index contributed by atoms with van der Waals surface area (Å²) in [6.07, 6.45) is 0.571. The molecule has 0 saturated carbocycles. The fourth-order valence-electron chi connectivity index (χ4n) is 7.46. The van der Waals surface area contributed by atoms with Gasteiger partial charge in [-0.05, 0) is 47.8 Å². The molecule has 0 fully saturated rings. The number of amides is 8. The number of aromatic nitrogens is 2. The zero-order valence-electron chi connectivity index (χ0n) is 42.3. The minimum absolute atomic E-state index is 0.0435. The molecule has 15 N–H and O–H groups in total. The van der Waals surface area contributed by atoms with Gasteiger partial charge in [0.2, 0.25) is 47.3 Å². The second-order valence-corrected chi connectivity index (χ2v) is 21.8. The van der Waals surface area contributed by atoms with E-state index >= 15 is 0 Å². The van der Waals surface area contributed by atoms with E-state index in [0.29, 0.717) is 17.2 Å². The molecule has 25 nitrogen and oxygen atoms in total. The molecule has 0 spiro atoms. The maximum Gasteiger partial charge on any atom is 0.327 e. The van der Waals surface area contributed by atoms with Gasteiger partial charge in [0.15, 0.2) is 0 Å². The second-order valence-electron chi connectivity index (χ2n) is 18.7. The minimum atomic E-state index is -1.89. The third-order valence-corrected chi connectivity index (χ3v) is 14.4. The number of imidazole rings is 1. The van der Waals surface area contributed by atoms with Crippen molar-refractivity contribution in [3.63, 3.8) is 0 Å². The van der Waals surface area contributed by atoms with Gasteiger partial charge < -0.3 is 69.0 Å². The summed E-state index contributed by atoms with van der Waals surface area (Å²) in [6, 6.07) is -5.86. The van der Waals surface area contributed by atoms with Gasteiger partial charge in [0.25, 0.3) is 0 Å². The Morgan fingerprint density at radius 2 is 1.25 bits per heavy atom. The van der Waals surface area contributed by atoms with Crippen molar-refractivity contribution < 1.29 is 68.1 Å². The summed E-state index contributed by atoms with van der Waals surface area (Å²) in [5.41, 5.74) is 14.4. The quantitative estimate of drug-likeness (QED) is 0.0861. The highest BCUT2D eigenvalue weighted by Gasteiger charge is 2.35. The summed E-state index contributed by atoms with van der Waals surface area (Å²) in [5.74, 6) is -10.8. The Balaban J connectivity index is 2.10. The predicted octanol–water partition coefficient (Wildman–Crippen LogP) is -0.892. The molecule has 3 rings (SSSR count). The minimum Gasteiger partial charge on any atom is -0.481 e. The molecule has 2 aromatic rings. The standard InChI is InChI=1S/C47H69N11O14S3/c1-23(2)8-32-42(65)56-34(13-29-15-50-22-51-29)44(67)53-31(6-7-38(49)60)41(64)57-35(14-39(61)62)45(68)55-33(9-24(3)4)43(66)58-37(47(71)72)21-75-18-28-11-26(16-73-19-30(48)40(63)54-32)10-27(12-28)17-74-20-36(46(69)70)52-25(5)59/h10-12,15,22-24,30-37H,6-9,13-14,16-21,48H2,1-5H3,(H2,49,60)(H,50,51)(H,52,59)(H,53,67)(H,54,63)(H,55,68)(H,56,65)(H,57,64)(H,58,66)(H,61,62)(H,69,70)(H,71,72)/t30-,31-,32-,33-,34-,35-,36-,37-/m0/s1. The number of thioether (sulfide) groups is 3. The maximum absolute atomic E-state index is 14.2. The molecular weight excluding hydrogens is 1040 g/mol. The molecule has 1 aliphatic rings. The van der Waals surface area contributed by atoms with Gasteiger partial charge in [0, 0.05) is 66.2 Å². The molecule has 28 heteroatoms. The molecule has 1 aliphatic heterocycles. The van der Waals surface area contributed by atoms with E-state index in [1.807, 2.05) is 18.2 Å². The zero-order valence-corrected chi connectivity index (χ0v) is 44.8. The number of hydrogen-bond acceptors (Lipinski definition) is 16. The molecule has 414 valence electrons. The number of hydrogen-bond donors (Lipinski definition) is 13. The van der Waals surface area contributed by atoms with Crippen molar-refractivity contribution in [1.82, 2.24) is 47.2 Å². The first kappa shape index (κ1) is 62.9. The molecule has 0 aliphatic carbocycles. The van der Waals surface area contributed by atoms with E-state index in [2.05, 4.69) is 47.2 Å². The molecule has 8 atom stereocenters. The summed E-state index contributed by atoms with van der Waals surface area (Å²) in [6.45, 7) is 8.26. The van der Waals surface area contributed by atoms with Gasteiger partial charge in [0.05, 0.1) is 18.8 Å². The molecule has 75 heavy (non-hydrogen) atoms. The number of H-pyrrole nitrogens is 1. The lowest BCUT2D eigenvalue weighted by Gasteiger charge is -2.28. The van der Waals surface area contributed by atoms with E-state index in [4.69, 9.17) is 11.5 Å². The van der Waals surface area contributed by atoms with E-state index < -0.39 is 133 Å². The highest BCUT2D eigenvalue weighted by atomic mass is 32.2. The number of nitrogens with one attached hydrogen (secondary N) is 8. The number of nitrogens with two attached hydrogens (primary N) is 2. The Kier molecular flexibility index (Phi) is 26.4. The number of carbonyl (C=O) groups is 11. The van der Waals surface area contributed by atoms with E-state index in [0.717, 1.165) is 28.5 Å². The highest BCUT2D eigenvalue weighted by molar-refractivity contribution is 7.99. The van der Waals surface area contributed by atoms with Crippen molar-refractivity contribution in [2.45, 2.75) is 139 Å². The second kappa shape index (κ2) is 31.5. The first-order valence-corrected chi connectivity index (χ1v) is 27.4. The lowest BCUT2D eigenvalue weighted by molar-refractivity contribution is -0.143. The average Bonchev–Trinajstić information content (AvgIpc) is 3.83. The average molecular weight is 1110 g/mol. The molecule has 0 radical (unpaired) electrons. The molecule has 2 heterocycles. The Morgan fingerprint density at radius 3 is 1.79 bits per heavy atom. The Hall–Kier alpha value is -6.39. The lowest BCUT2D eigenvalue weighted by Crippen LogP contribution is -2.60. The van der Waals surface area contributed by atoms with Crippen LogP contribution in [0.1, 0.15) is 89.1 Å². The van der Waals surface area contributed by atoms with Crippen molar-refractivity contribution >= 4 is 100 Å². The molecule has 2 bridgehead atoms. The summed E-state index contributed by atoms with van der Waals surface area (Å²) in [5, 5.41) is 47.1. The fourth-order valence-corrected chi connectivity index (χ4v) is 10.4. The molecule has 8 amide bonds. The van der Waals surface area contributed by atoms with E-state index in [1.165, 1.54) is 43.0 Å². The highest BCUT2D eigenvalue weighted by Crippen LogP contribution is 2.24. The molecule has 0 unspecified atom stereocenters. The lowest BCUT2D eigenvalue weighted by atomic mass is 10.0. The van der Waals surface area contributed by atoms with Crippen molar-refractivity contribution in [3.05, 3.63) is 53.1 Å². The third-order valence-electron chi connectivity index (χ3n) is 11.0. The summed E-state index contributed by atoms with van der Waals surface area (Å²) >= 11 is 3.72. The summed E-state index contributed by atoms with van der Waals surface area (Å²) in [7, 11) is 0.